The lowest BCUT2D eigenvalue weighted by Crippen LogP contribution is -2.31. The number of nitrogens with two attached hydrogens (primary N) is 1. The number of hydrogen-bond donors (Lipinski definition) is 2. The van der Waals surface area contributed by atoms with Crippen LogP contribution in [0.3, 0.4) is 0 Å². The van der Waals surface area contributed by atoms with Gasteiger partial charge < -0.3 is 5.43 Å². The molecule has 0 fully saturated rings. The van der Waals surface area contributed by atoms with E-state index >= 15 is 0 Å². The van der Waals surface area contributed by atoms with Crippen molar-refractivity contribution in [1.29, 1.82) is 0 Å². The maximum atomic E-state index is 12.9. The molecular formula is C15H19N3O2S. The van der Waals surface area contributed by atoms with Gasteiger partial charge in [0.25, 0.3) is 10.0 Å². The predicted molar refractivity (Wildman–Crippen MR) is 85.6 cm³/mol. The molecule has 2 aromatic rings. The maximum absolute atomic E-state index is 12.9. The van der Waals surface area contributed by atoms with Gasteiger partial charge in [0.1, 0.15) is 4.90 Å². The van der Waals surface area contributed by atoms with Crippen LogP contribution in [-0.2, 0) is 10.0 Å². The van der Waals surface area contributed by atoms with Crippen molar-refractivity contribution in [2.24, 2.45) is 5.84 Å². The Kier molecular flexibility index (Phi) is 4.50. The minimum Gasteiger partial charge on any atom is -0.323 e. The molecule has 0 aliphatic carbocycles. The Hall–Kier alpha value is -2.05. The number of hydrazine groups is 1. The standard InChI is InChI=1S/C15H19N3O2S/c1-3-18(13-8-6-7-12(2)11-13)21(19,20)15-10-5-4-9-14(15)17-16/h4-11,17H,3,16H2,1-2H3. The van der Waals surface area contributed by atoms with Gasteiger partial charge in [-0.25, -0.2) is 8.42 Å². The van der Waals surface area contributed by atoms with Crippen LogP contribution < -0.4 is 15.6 Å². The fourth-order valence-electron chi connectivity index (χ4n) is 2.20. The zero-order valence-electron chi connectivity index (χ0n) is 12.1. The summed E-state index contributed by atoms with van der Waals surface area (Å²) < 4.78 is 27.1. The number of para-hydroxylation sites is 1. The smallest absolute Gasteiger partial charge is 0.266 e. The van der Waals surface area contributed by atoms with Crippen molar-refractivity contribution in [3.05, 3.63) is 54.1 Å². The topological polar surface area (TPSA) is 75.4 Å². The molecule has 2 rings (SSSR count). The number of aryl methyl sites for hydroxylation is 1. The molecule has 0 spiro atoms. The fourth-order valence-corrected chi connectivity index (χ4v) is 3.83. The van der Waals surface area contributed by atoms with Crippen molar-refractivity contribution in [3.63, 3.8) is 0 Å². The quantitative estimate of drug-likeness (QED) is 0.657. The van der Waals surface area contributed by atoms with Crippen LogP contribution in [0.1, 0.15) is 12.5 Å². The van der Waals surface area contributed by atoms with Crippen LogP contribution in [-0.4, -0.2) is 15.0 Å². The van der Waals surface area contributed by atoms with Crippen molar-refractivity contribution in [2.75, 3.05) is 16.3 Å². The Bertz CT molecular complexity index is 729. The summed E-state index contributed by atoms with van der Waals surface area (Å²) >= 11 is 0. The summed E-state index contributed by atoms with van der Waals surface area (Å²) in [5, 5.41) is 0. The van der Waals surface area contributed by atoms with Gasteiger partial charge in [0.15, 0.2) is 0 Å². The molecule has 6 heteroatoms. The van der Waals surface area contributed by atoms with E-state index < -0.39 is 10.0 Å². The molecule has 5 nitrogen and oxygen atoms in total. The number of nitrogens with one attached hydrogen (secondary N) is 1. The van der Waals surface area contributed by atoms with Crippen LogP contribution in [0.2, 0.25) is 0 Å². The third-order valence-electron chi connectivity index (χ3n) is 3.19. The highest BCUT2D eigenvalue weighted by Crippen LogP contribution is 2.28. The van der Waals surface area contributed by atoms with Crippen molar-refractivity contribution in [3.8, 4) is 0 Å². The zero-order valence-corrected chi connectivity index (χ0v) is 12.9. The number of nitrogens with zero attached hydrogens (tertiary/aromatic N) is 1. The van der Waals surface area contributed by atoms with Crippen molar-refractivity contribution >= 4 is 21.4 Å². The van der Waals surface area contributed by atoms with E-state index in [1.165, 1.54) is 4.31 Å². The monoisotopic (exact) mass is 305 g/mol. The Morgan fingerprint density at radius 3 is 2.48 bits per heavy atom. The summed E-state index contributed by atoms with van der Waals surface area (Å²) in [6.45, 7) is 4.07. The summed E-state index contributed by atoms with van der Waals surface area (Å²) in [6, 6.07) is 14.0. The molecule has 0 bridgehead atoms. The Morgan fingerprint density at radius 2 is 1.86 bits per heavy atom. The molecule has 0 saturated heterocycles. The van der Waals surface area contributed by atoms with Crippen LogP contribution in [0.15, 0.2) is 53.4 Å². The zero-order chi connectivity index (χ0) is 15.5. The third kappa shape index (κ3) is 3.01. The molecule has 0 aromatic heterocycles. The number of anilines is 2. The van der Waals surface area contributed by atoms with E-state index in [1.807, 2.05) is 25.1 Å². The summed E-state index contributed by atoms with van der Waals surface area (Å²) in [7, 11) is -3.67. The lowest BCUT2D eigenvalue weighted by molar-refractivity contribution is 0.592. The van der Waals surface area contributed by atoms with Crippen LogP contribution in [0.5, 0.6) is 0 Å². The molecule has 0 aliphatic rings. The van der Waals surface area contributed by atoms with E-state index in [1.54, 1.807) is 37.3 Å². The van der Waals surface area contributed by atoms with Gasteiger partial charge >= 0.3 is 0 Å². The molecule has 2 aromatic carbocycles. The average Bonchev–Trinajstić information content (AvgIpc) is 2.47. The number of rotatable bonds is 5. The minimum absolute atomic E-state index is 0.163. The summed E-state index contributed by atoms with van der Waals surface area (Å²) in [4.78, 5) is 0.163. The van der Waals surface area contributed by atoms with Gasteiger partial charge in [-0.3, -0.25) is 10.1 Å². The first kappa shape index (κ1) is 15.3. The van der Waals surface area contributed by atoms with Crippen LogP contribution >= 0.6 is 0 Å². The summed E-state index contributed by atoms with van der Waals surface area (Å²) in [6.07, 6.45) is 0. The predicted octanol–water partition coefficient (Wildman–Crippen LogP) is 2.50. The van der Waals surface area contributed by atoms with E-state index in [0.29, 0.717) is 17.9 Å². The summed E-state index contributed by atoms with van der Waals surface area (Å²) in [5.41, 5.74) is 4.46. The van der Waals surface area contributed by atoms with E-state index in [4.69, 9.17) is 5.84 Å². The van der Waals surface area contributed by atoms with Crippen molar-refractivity contribution in [1.82, 2.24) is 0 Å². The van der Waals surface area contributed by atoms with Gasteiger partial charge in [-0.15, -0.1) is 0 Å². The average molecular weight is 305 g/mol. The van der Waals surface area contributed by atoms with Gasteiger partial charge in [-0.1, -0.05) is 24.3 Å². The number of sulfonamides is 1. The third-order valence-corrected chi connectivity index (χ3v) is 5.15. The second-order valence-corrected chi connectivity index (χ2v) is 6.48. The first-order chi connectivity index (χ1) is 10.0. The molecule has 0 atom stereocenters. The molecule has 112 valence electrons. The first-order valence-electron chi connectivity index (χ1n) is 6.65. The molecule has 3 N–H and O–H groups in total. The van der Waals surface area contributed by atoms with Crippen LogP contribution in [0, 0.1) is 6.92 Å². The molecule has 0 saturated carbocycles. The van der Waals surface area contributed by atoms with Crippen molar-refractivity contribution < 1.29 is 8.42 Å². The fraction of sp³-hybridized carbons (Fsp3) is 0.200. The van der Waals surface area contributed by atoms with Crippen LogP contribution in [0.4, 0.5) is 11.4 Å². The number of benzene rings is 2. The minimum atomic E-state index is -3.67. The van der Waals surface area contributed by atoms with Crippen molar-refractivity contribution in [2.45, 2.75) is 18.7 Å². The highest BCUT2D eigenvalue weighted by molar-refractivity contribution is 7.93. The van der Waals surface area contributed by atoms with E-state index in [0.717, 1.165) is 5.56 Å². The van der Waals surface area contributed by atoms with Gasteiger partial charge in [0, 0.05) is 6.54 Å². The number of hydrogen-bond acceptors (Lipinski definition) is 4. The lowest BCUT2D eigenvalue weighted by atomic mass is 10.2. The highest BCUT2D eigenvalue weighted by Gasteiger charge is 2.26. The van der Waals surface area contributed by atoms with Gasteiger partial charge in [0.05, 0.1) is 11.4 Å². The Balaban J connectivity index is 2.55. The van der Waals surface area contributed by atoms with Crippen LogP contribution in [0.25, 0.3) is 0 Å². The van der Waals surface area contributed by atoms with E-state index in [9.17, 15) is 8.42 Å². The molecule has 21 heavy (non-hydrogen) atoms. The first-order valence-corrected chi connectivity index (χ1v) is 8.09. The van der Waals surface area contributed by atoms with Gasteiger partial charge in [-0.2, -0.15) is 0 Å². The molecule has 0 amide bonds. The lowest BCUT2D eigenvalue weighted by Gasteiger charge is -2.24. The molecule has 0 radical (unpaired) electrons. The summed E-state index contributed by atoms with van der Waals surface area (Å²) in [5.74, 6) is 5.42. The molecule has 0 unspecified atom stereocenters. The second kappa shape index (κ2) is 6.15. The second-order valence-electron chi connectivity index (χ2n) is 4.65. The maximum Gasteiger partial charge on any atom is 0.266 e. The highest BCUT2D eigenvalue weighted by atomic mass is 32.2. The van der Waals surface area contributed by atoms with E-state index in [-0.39, 0.29) is 4.90 Å². The SMILES string of the molecule is CCN(c1cccc(C)c1)S(=O)(=O)c1ccccc1NN. The molecule has 0 aliphatic heterocycles. The molecule has 0 heterocycles. The Morgan fingerprint density at radius 1 is 1.14 bits per heavy atom. The largest absolute Gasteiger partial charge is 0.323 e. The van der Waals surface area contributed by atoms with Gasteiger partial charge in [-0.05, 0) is 43.7 Å². The Labute approximate surface area is 125 Å². The normalized spacial score (nSPS) is 11.2. The molecular weight excluding hydrogens is 286 g/mol. The van der Waals surface area contributed by atoms with E-state index in [2.05, 4.69) is 5.43 Å². The number of nitrogen functional groups attached to an aromatic ring is 1. The van der Waals surface area contributed by atoms with Gasteiger partial charge in [0.2, 0.25) is 0 Å².